The monoisotopic (exact) mass is 346 g/mol. The average Bonchev–Trinajstić information content (AvgIpc) is 2.59. The molecule has 0 radical (unpaired) electrons. The molecular weight excluding hydrogens is 328 g/mol. The van der Waals surface area contributed by atoms with Crippen molar-refractivity contribution in [3.05, 3.63) is 46.3 Å². The number of urea groups is 1. The first kappa shape index (κ1) is 18.2. The fraction of sp³-hybridized carbons (Fsp3) is 0.294. The maximum Gasteiger partial charge on any atom is 0.374 e. The van der Waals surface area contributed by atoms with Crippen molar-refractivity contribution in [2.75, 3.05) is 6.61 Å². The van der Waals surface area contributed by atoms with Gasteiger partial charge in [0.05, 0.1) is 5.39 Å². The van der Waals surface area contributed by atoms with Gasteiger partial charge < -0.3 is 14.5 Å². The number of nitrogens with one attached hydrogen (secondary N) is 2. The Hall–Kier alpha value is -3.16. The number of carbonyl (C=O) groups is 3. The number of fused-ring (bicyclic) bond motifs is 1. The average molecular weight is 346 g/mol. The molecule has 0 unspecified atom stereocenters. The summed E-state index contributed by atoms with van der Waals surface area (Å²) in [7, 11) is 0. The molecule has 0 bridgehead atoms. The second kappa shape index (κ2) is 8.09. The summed E-state index contributed by atoms with van der Waals surface area (Å²) in [5, 5.41) is 4.90. The highest BCUT2D eigenvalue weighted by Gasteiger charge is 2.16. The molecule has 2 rings (SSSR count). The van der Waals surface area contributed by atoms with E-state index in [4.69, 9.17) is 9.15 Å². The summed E-state index contributed by atoms with van der Waals surface area (Å²) in [6.07, 6.45) is 0.706. The van der Waals surface area contributed by atoms with Crippen LogP contribution in [0.5, 0.6) is 0 Å². The minimum Gasteiger partial charge on any atom is -0.450 e. The van der Waals surface area contributed by atoms with Gasteiger partial charge in [-0.05, 0) is 25.5 Å². The quantitative estimate of drug-likeness (QED) is 0.794. The van der Waals surface area contributed by atoms with E-state index in [0.717, 1.165) is 6.07 Å². The van der Waals surface area contributed by atoms with E-state index >= 15 is 0 Å². The molecule has 8 heteroatoms. The van der Waals surface area contributed by atoms with Crippen LogP contribution in [0.4, 0.5) is 4.79 Å². The summed E-state index contributed by atoms with van der Waals surface area (Å²) >= 11 is 0. The number of esters is 1. The van der Waals surface area contributed by atoms with E-state index in [0.29, 0.717) is 11.8 Å². The van der Waals surface area contributed by atoms with E-state index < -0.39 is 29.9 Å². The highest BCUT2D eigenvalue weighted by atomic mass is 16.5. The molecule has 25 heavy (non-hydrogen) atoms. The number of hydrogen-bond donors (Lipinski definition) is 2. The molecule has 0 saturated heterocycles. The molecule has 2 aromatic rings. The molecular formula is C17H18N2O6. The number of para-hydroxylation sites is 1. The first-order valence-corrected chi connectivity index (χ1v) is 7.71. The summed E-state index contributed by atoms with van der Waals surface area (Å²) < 4.78 is 10.1. The van der Waals surface area contributed by atoms with Gasteiger partial charge in [0.15, 0.2) is 12.0 Å². The largest absolute Gasteiger partial charge is 0.450 e. The number of benzene rings is 1. The molecule has 8 nitrogen and oxygen atoms in total. The van der Waals surface area contributed by atoms with Gasteiger partial charge in [0, 0.05) is 12.1 Å². The molecule has 132 valence electrons. The van der Waals surface area contributed by atoms with Crippen LogP contribution < -0.4 is 16.1 Å². The van der Waals surface area contributed by atoms with Gasteiger partial charge in [-0.25, -0.2) is 9.59 Å². The fourth-order valence-corrected chi connectivity index (χ4v) is 1.93. The topological polar surface area (TPSA) is 115 Å². The number of imide groups is 1. The highest BCUT2D eigenvalue weighted by Crippen LogP contribution is 2.12. The molecule has 1 aromatic carbocycles. The molecule has 1 heterocycles. The van der Waals surface area contributed by atoms with Crippen molar-refractivity contribution < 1.29 is 23.5 Å². The molecule has 0 fully saturated rings. The summed E-state index contributed by atoms with van der Waals surface area (Å²) in [5.74, 6) is -2.09. The predicted octanol–water partition coefficient (Wildman–Crippen LogP) is 1.57. The summed E-state index contributed by atoms with van der Waals surface area (Å²) in [6.45, 7) is 2.99. The Kier molecular flexibility index (Phi) is 5.89. The minimum absolute atomic E-state index is 0.0952. The third-order valence-electron chi connectivity index (χ3n) is 3.41. The lowest BCUT2D eigenvalue weighted by molar-refractivity contribution is -0.123. The molecule has 0 saturated carbocycles. The number of rotatable bonds is 5. The van der Waals surface area contributed by atoms with E-state index in [1.54, 1.807) is 31.2 Å². The first-order valence-electron chi connectivity index (χ1n) is 7.71. The van der Waals surface area contributed by atoms with Gasteiger partial charge in [-0.2, -0.15) is 0 Å². The summed E-state index contributed by atoms with van der Waals surface area (Å²) in [4.78, 5) is 46.9. The van der Waals surface area contributed by atoms with Crippen molar-refractivity contribution in [1.29, 1.82) is 0 Å². The van der Waals surface area contributed by atoms with Crippen LogP contribution >= 0.6 is 0 Å². The zero-order chi connectivity index (χ0) is 18.4. The lowest BCUT2D eigenvalue weighted by Gasteiger charge is -2.11. The Morgan fingerprint density at radius 3 is 2.68 bits per heavy atom. The molecule has 2 N–H and O–H groups in total. The highest BCUT2D eigenvalue weighted by molar-refractivity contribution is 5.96. The zero-order valence-electron chi connectivity index (χ0n) is 13.8. The summed E-state index contributed by atoms with van der Waals surface area (Å²) in [5.41, 5.74) is -0.162. The standard InChI is InChI=1S/C17H18N2O6/c1-3-10(2)18-17(23)19-15(21)9-24-16(22)14-8-12(20)11-6-4-5-7-13(11)25-14/h4-8,10H,3,9H2,1-2H3,(H2,18,19,21,23)/t10-/m1/s1. The smallest absolute Gasteiger partial charge is 0.374 e. The molecule has 0 aliphatic rings. The van der Waals surface area contributed by atoms with Gasteiger partial charge in [-0.15, -0.1) is 0 Å². The van der Waals surface area contributed by atoms with Gasteiger partial charge in [-0.3, -0.25) is 14.9 Å². The van der Waals surface area contributed by atoms with Gasteiger partial charge in [0.2, 0.25) is 5.76 Å². The molecule has 0 spiro atoms. The molecule has 1 atom stereocenters. The third kappa shape index (κ3) is 4.90. The predicted molar refractivity (Wildman–Crippen MR) is 89.2 cm³/mol. The van der Waals surface area contributed by atoms with Crippen LogP contribution in [0.1, 0.15) is 30.8 Å². The Morgan fingerprint density at radius 1 is 1.24 bits per heavy atom. The van der Waals surface area contributed by atoms with Crippen LogP contribution in [-0.4, -0.2) is 30.6 Å². The normalized spacial score (nSPS) is 11.6. The maximum atomic E-state index is 11.9. The molecule has 1 aromatic heterocycles. The Morgan fingerprint density at radius 2 is 1.96 bits per heavy atom. The van der Waals surface area contributed by atoms with Crippen LogP contribution in [0.25, 0.3) is 11.0 Å². The van der Waals surface area contributed by atoms with Gasteiger partial charge in [0.1, 0.15) is 5.58 Å². The fourth-order valence-electron chi connectivity index (χ4n) is 1.93. The Balaban J connectivity index is 1.95. The van der Waals surface area contributed by atoms with Gasteiger partial charge in [-0.1, -0.05) is 19.1 Å². The van der Waals surface area contributed by atoms with Crippen LogP contribution in [0.2, 0.25) is 0 Å². The van der Waals surface area contributed by atoms with Crippen molar-refractivity contribution in [2.24, 2.45) is 0 Å². The number of ether oxygens (including phenoxy) is 1. The van der Waals surface area contributed by atoms with Crippen molar-refractivity contribution >= 4 is 28.9 Å². The van der Waals surface area contributed by atoms with Gasteiger partial charge in [0.25, 0.3) is 5.91 Å². The summed E-state index contributed by atoms with van der Waals surface area (Å²) in [6, 6.07) is 6.67. The van der Waals surface area contributed by atoms with Crippen molar-refractivity contribution in [3.8, 4) is 0 Å². The van der Waals surface area contributed by atoms with E-state index in [1.165, 1.54) is 0 Å². The van der Waals surface area contributed by atoms with E-state index in [-0.39, 0.29) is 17.4 Å². The molecule has 0 aliphatic carbocycles. The van der Waals surface area contributed by atoms with Crippen molar-refractivity contribution in [3.63, 3.8) is 0 Å². The van der Waals surface area contributed by atoms with Crippen molar-refractivity contribution in [2.45, 2.75) is 26.3 Å². The number of amides is 3. The maximum absolute atomic E-state index is 11.9. The van der Waals surface area contributed by atoms with Crippen LogP contribution in [-0.2, 0) is 9.53 Å². The zero-order valence-corrected chi connectivity index (χ0v) is 13.8. The van der Waals surface area contributed by atoms with E-state index in [2.05, 4.69) is 5.32 Å². The number of hydrogen-bond acceptors (Lipinski definition) is 6. The lowest BCUT2D eigenvalue weighted by atomic mass is 10.2. The van der Waals surface area contributed by atoms with Crippen LogP contribution in [0.15, 0.2) is 39.5 Å². The SMILES string of the molecule is CC[C@@H](C)NC(=O)NC(=O)COC(=O)c1cc(=O)c2ccccc2o1. The first-order chi connectivity index (χ1) is 11.9. The van der Waals surface area contributed by atoms with E-state index in [9.17, 15) is 19.2 Å². The lowest BCUT2D eigenvalue weighted by Crippen LogP contribution is -2.44. The number of carbonyl (C=O) groups excluding carboxylic acids is 3. The molecule has 3 amide bonds. The van der Waals surface area contributed by atoms with Crippen LogP contribution in [0.3, 0.4) is 0 Å². The Bertz CT molecular complexity index is 858. The third-order valence-corrected chi connectivity index (χ3v) is 3.41. The second-order valence-electron chi connectivity index (χ2n) is 5.38. The minimum atomic E-state index is -0.972. The van der Waals surface area contributed by atoms with Gasteiger partial charge >= 0.3 is 12.0 Å². The van der Waals surface area contributed by atoms with Crippen LogP contribution in [0, 0.1) is 0 Å². The Labute approximate surface area is 143 Å². The van der Waals surface area contributed by atoms with E-state index in [1.807, 2.05) is 12.2 Å². The molecule has 0 aliphatic heterocycles. The second-order valence-corrected chi connectivity index (χ2v) is 5.38. The van der Waals surface area contributed by atoms with Crippen molar-refractivity contribution in [1.82, 2.24) is 10.6 Å².